The van der Waals surface area contributed by atoms with Gasteiger partial charge in [0.2, 0.25) is 17.8 Å². The van der Waals surface area contributed by atoms with Crippen LogP contribution >= 0.6 is 23.2 Å². The van der Waals surface area contributed by atoms with E-state index >= 15 is 0 Å². The number of nitrogens with one attached hydrogen (secondary N) is 4. The Morgan fingerprint density at radius 3 is 2.58 bits per heavy atom. The van der Waals surface area contributed by atoms with Gasteiger partial charge in [-0.25, -0.2) is 0 Å². The van der Waals surface area contributed by atoms with E-state index in [1.807, 2.05) is 31.2 Å². The van der Waals surface area contributed by atoms with E-state index in [0.717, 1.165) is 5.56 Å². The maximum absolute atomic E-state index is 12.9. The average Bonchev–Trinajstić information content (AvgIpc) is 2.71. The molecule has 0 saturated carbocycles. The summed E-state index contributed by atoms with van der Waals surface area (Å²) in [6.07, 6.45) is -0.195. The Balaban J connectivity index is 1.64. The van der Waals surface area contributed by atoms with E-state index < -0.39 is 23.3 Å². The van der Waals surface area contributed by atoms with Gasteiger partial charge in [-0.3, -0.25) is 19.4 Å². The Bertz CT molecular complexity index is 1240. The number of hydrogen-bond donors (Lipinski definition) is 4. The van der Waals surface area contributed by atoms with Crippen LogP contribution < -0.4 is 21.5 Å². The summed E-state index contributed by atoms with van der Waals surface area (Å²) in [5.41, 5.74) is 1.67. The Kier molecular flexibility index (Phi) is 5.67. The largest absolute Gasteiger partial charge is 0.326 e. The second-order valence-electron chi connectivity index (χ2n) is 7.09. The van der Waals surface area contributed by atoms with Gasteiger partial charge in [-0.05, 0) is 37.3 Å². The summed E-state index contributed by atoms with van der Waals surface area (Å²) in [5.74, 6) is -1.81. The van der Waals surface area contributed by atoms with Crippen LogP contribution in [0.15, 0.2) is 47.3 Å². The van der Waals surface area contributed by atoms with Gasteiger partial charge in [-0.2, -0.15) is 4.98 Å². The lowest BCUT2D eigenvalue weighted by Crippen LogP contribution is -2.36. The average molecular weight is 458 g/mol. The lowest BCUT2D eigenvalue weighted by Gasteiger charge is -2.24. The van der Waals surface area contributed by atoms with Crippen LogP contribution in [-0.2, 0) is 9.59 Å². The van der Waals surface area contributed by atoms with Crippen molar-refractivity contribution in [1.29, 1.82) is 0 Å². The minimum atomic E-state index is -1.03. The highest BCUT2D eigenvalue weighted by molar-refractivity contribution is 6.36. The summed E-state index contributed by atoms with van der Waals surface area (Å²) in [6, 6.07) is 12.1. The minimum absolute atomic E-state index is 0.0389. The van der Waals surface area contributed by atoms with Crippen LogP contribution in [0.1, 0.15) is 23.5 Å². The van der Waals surface area contributed by atoms with Crippen molar-refractivity contribution >= 4 is 58.2 Å². The van der Waals surface area contributed by atoms with Crippen molar-refractivity contribution in [2.75, 3.05) is 16.0 Å². The highest BCUT2D eigenvalue weighted by atomic mass is 35.5. The number of carbonyl (C=O) groups is 2. The number of rotatable bonds is 4. The maximum Gasteiger partial charge on any atom is 0.258 e. The zero-order chi connectivity index (χ0) is 22.1. The van der Waals surface area contributed by atoms with Gasteiger partial charge in [0.05, 0.1) is 22.2 Å². The van der Waals surface area contributed by atoms with Gasteiger partial charge < -0.3 is 16.0 Å². The van der Waals surface area contributed by atoms with Crippen LogP contribution in [0, 0.1) is 6.92 Å². The summed E-state index contributed by atoms with van der Waals surface area (Å²) in [6.45, 7) is 1.96. The molecule has 0 aliphatic carbocycles. The molecule has 0 radical (unpaired) electrons. The first-order chi connectivity index (χ1) is 14.8. The Labute approximate surface area is 187 Å². The Morgan fingerprint density at radius 2 is 1.87 bits per heavy atom. The van der Waals surface area contributed by atoms with Crippen LogP contribution in [-0.4, -0.2) is 21.8 Å². The normalized spacial score (nSPS) is 15.1. The van der Waals surface area contributed by atoms with Crippen molar-refractivity contribution in [2.45, 2.75) is 19.3 Å². The van der Waals surface area contributed by atoms with E-state index in [4.69, 9.17) is 23.2 Å². The number of H-pyrrole nitrogens is 1. The van der Waals surface area contributed by atoms with Crippen molar-refractivity contribution < 1.29 is 9.59 Å². The van der Waals surface area contributed by atoms with E-state index in [9.17, 15) is 14.4 Å². The second-order valence-corrected chi connectivity index (χ2v) is 7.93. The zero-order valence-electron chi connectivity index (χ0n) is 16.3. The smallest absolute Gasteiger partial charge is 0.258 e. The molecule has 0 bridgehead atoms. The number of fused-ring (bicyclic) bond motifs is 1. The van der Waals surface area contributed by atoms with Gasteiger partial charge in [0.15, 0.2) is 0 Å². The van der Waals surface area contributed by atoms with Crippen molar-refractivity contribution in [1.82, 2.24) is 9.97 Å². The first kappa shape index (κ1) is 20.9. The van der Waals surface area contributed by atoms with E-state index in [1.165, 1.54) is 6.07 Å². The molecule has 8 nitrogen and oxygen atoms in total. The number of hydrogen-bond acceptors (Lipinski definition) is 5. The zero-order valence-corrected chi connectivity index (χ0v) is 17.8. The molecule has 2 aromatic carbocycles. The molecular weight excluding hydrogens is 441 g/mol. The van der Waals surface area contributed by atoms with E-state index in [-0.39, 0.29) is 28.8 Å². The molecule has 0 unspecified atom stereocenters. The molecule has 1 aliphatic heterocycles. The van der Waals surface area contributed by atoms with Crippen molar-refractivity contribution in [3.05, 3.63) is 74.0 Å². The molecular formula is C21H17Cl2N5O3. The van der Waals surface area contributed by atoms with Gasteiger partial charge in [-0.1, -0.05) is 40.9 Å². The SMILES string of the molecule is Cc1ccc(Nc2nc3c(c(=O)[nH]2)[C@H](C(=O)Nc2ccc(Cl)cc2Cl)CC(=O)N3)cc1. The number of aromatic amines is 1. The first-order valence-electron chi connectivity index (χ1n) is 9.34. The second kappa shape index (κ2) is 8.41. The number of benzene rings is 2. The lowest BCUT2D eigenvalue weighted by molar-refractivity contribution is -0.123. The van der Waals surface area contributed by atoms with Gasteiger partial charge in [0.25, 0.3) is 5.56 Å². The van der Waals surface area contributed by atoms with E-state index in [1.54, 1.807) is 12.1 Å². The standard InChI is InChI=1S/C21H17Cl2N5O3/c1-10-2-5-12(6-3-10)24-21-27-18-17(20(31)28-21)13(9-16(29)26-18)19(30)25-15-7-4-11(22)8-14(15)23/h2-8,13H,9H2,1H3,(H,25,30)(H3,24,26,27,28,29,31)/t13-/m1/s1. The molecule has 1 aromatic heterocycles. The molecule has 2 heterocycles. The van der Waals surface area contributed by atoms with Crippen molar-refractivity contribution in [3.8, 4) is 0 Å². The molecule has 0 spiro atoms. The summed E-state index contributed by atoms with van der Waals surface area (Å²) in [7, 11) is 0. The van der Waals surface area contributed by atoms with Gasteiger partial charge in [0, 0.05) is 17.1 Å². The summed E-state index contributed by atoms with van der Waals surface area (Å²) in [4.78, 5) is 44.8. The van der Waals surface area contributed by atoms with Crippen molar-refractivity contribution in [2.24, 2.45) is 0 Å². The van der Waals surface area contributed by atoms with Gasteiger partial charge in [-0.15, -0.1) is 0 Å². The van der Waals surface area contributed by atoms with E-state index in [0.29, 0.717) is 16.4 Å². The maximum atomic E-state index is 12.9. The Hall–Kier alpha value is -3.36. The predicted molar refractivity (Wildman–Crippen MR) is 120 cm³/mol. The third-order valence-electron chi connectivity index (χ3n) is 4.77. The quantitative estimate of drug-likeness (QED) is 0.468. The highest BCUT2D eigenvalue weighted by Gasteiger charge is 2.35. The number of aromatic nitrogens is 2. The third-order valence-corrected chi connectivity index (χ3v) is 5.32. The molecule has 4 N–H and O–H groups in total. The van der Waals surface area contributed by atoms with Gasteiger partial charge >= 0.3 is 0 Å². The molecule has 0 saturated heterocycles. The monoisotopic (exact) mass is 457 g/mol. The predicted octanol–water partition coefficient (Wildman–Crippen LogP) is 4.19. The number of anilines is 4. The van der Waals surface area contributed by atoms with Crippen molar-refractivity contribution in [3.63, 3.8) is 0 Å². The summed E-state index contributed by atoms with van der Waals surface area (Å²) < 4.78 is 0. The summed E-state index contributed by atoms with van der Waals surface area (Å²) >= 11 is 12.0. The van der Waals surface area contributed by atoms with Crippen LogP contribution in [0.25, 0.3) is 0 Å². The number of nitrogens with zero attached hydrogens (tertiary/aromatic N) is 1. The van der Waals surface area contributed by atoms with Gasteiger partial charge in [0.1, 0.15) is 5.82 Å². The van der Waals surface area contributed by atoms with Crippen LogP contribution in [0.2, 0.25) is 10.0 Å². The number of aryl methyl sites for hydroxylation is 1. The Morgan fingerprint density at radius 1 is 1.13 bits per heavy atom. The molecule has 10 heteroatoms. The molecule has 31 heavy (non-hydrogen) atoms. The fraction of sp³-hybridized carbons (Fsp3) is 0.143. The number of amides is 2. The topological polar surface area (TPSA) is 116 Å². The highest BCUT2D eigenvalue weighted by Crippen LogP contribution is 2.32. The van der Waals surface area contributed by atoms with Crippen LogP contribution in [0.5, 0.6) is 0 Å². The molecule has 1 aliphatic rings. The number of halogens is 2. The van der Waals surface area contributed by atoms with E-state index in [2.05, 4.69) is 25.9 Å². The molecule has 1 atom stereocenters. The third kappa shape index (κ3) is 4.55. The molecule has 2 amide bonds. The molecule has 0 fully saturated rings. The fourth-order valence-electron chi connectivity index (χ4n) is 3.24. The van der Waals surface area contributed by atoms with Crippen LogP contribution in [0.3, 0.4) is 0 Å². The molecule has 158 valence electrons. The minimum Gasteiger partial charge on any atom is -0.326 e. The first-order valence-corrected chi connectivity index (χ1v) is 10.1. The molecule has 3 aromatic rings. The van der Waals surface area contributed by atoms with Crippen LogP contribution in [0.4, 0.5) is 23.1 Å². The lowest BCUT2D eigenvalue weighted by atomic mass is 9.92. The molecule has 4 rings (SSSR count). The number of carbonyl (C=O) groups excluding carboxylic acids is 2. The fourth-order valence-corrected chi connectivity index (χ4v) is 3.69. The summed E-state index contributed by atoms with van der Waals surface area (Å²) in [5, 5.41) is 8.86.